The molecule has 1 rings (SSSR count). The molecule has 0 amide bonds. The molecule has 4 nitrogen and oxygen atoms in total. The standard InChI is InChI=1S/C12H12F3NO3/c1-18-11(17)4-2-3-8-7-9(5-6-10(8)16)19-12(13,14)15/h2-3,5-7H,4,16H2,1H3. The van der Waals surface area contributed by atoms with Crippen LogP contribution in [0.3, 0.4) is 0 Å². The van der Waals surface area contributed by atoms with E-state index in [9.17, 15) is 18.0 Å². The molecule has 0 radical (unpaired) electrons. The maximum atomic E-state index is 12.0. The zero-order valence-electron chi connectivity index (χ0n) is 10.0. The van der Waals surface area contributed by atoms with Crippen LogP contribution in [-0.2, 0) is 9.53 Å². The molecule has 0 unspecified atom stereocenters. The van der Waals surface area contributed by atoms with E-state index in [4.69, 9.17) is 5.73 Å². The van der Waals surface area contributed by atoms with Gasteiger partial charge < -0.3 is 15.2 Å². The van der Waals surface area contributed by atoms with Gasteiger partial charge in [-0.25, -0.2) is 0 Å². The van der Waals surface area contributed by atoms with Crippen molar-refractivity contribution >= 4 is 17.7 Å². The normalized spacial score (nSPS) is 11.6. The van der Waals surface area contributed by atoms with Crippen molar-refractivity contribution in [2.75, 3.05) is 12.8 Å². The summed E-state index contributed by atoms with van der Waals surface area (Å²) in [6.07, 6.45) is -1.90. The summed E-state index contributed by atoms with van der Waals surface area (Å²) in [5.74, 6) is -0.836. The quantitative estimate of drug-likeness (QED) is 0.678. The number of carbonyl (C=O) groups excluding carboxylic acids is 1. The van der Waals surface area contributed by atoms with E-state index < -0.39 is 12.3 Å². The third-order valence-electron chi connectivity index (χ3n) is 2.10. The number of ether oxygens (including phenoxy) is 2. The van der Waals surface area contributed by atoms with Crippen LogP contribution in [0.4, 0.5) is 18.9 Å². The summed E-state index contributed by atoms with van der Waals surface area (Å²) in [6, 6.07) is 3.54. The van der Waals surface area contributed by atoms with Crippen molar-refractivity contribution in [3.05, 3.63) is 29.8 Å². The summed E-state index contributed by atoms with van der Waals surface area (Å²) in [4.78, 5) is 10.9. The highest BCUT2D eigenvalue weighted by Gasteiger charge is 2.31. The molecule has 0 bridgehead atoms. The molecule has 1 aromatic rings. The molecule has 7 heteroatoms. The first-order chi connectivity index (χ1) is 8.81. The first kappa shape index (κ1) is 14.9. The van der Waals surface area contributed by atoms with Gasteiger partial charge in [0.2, 0.25) is 0 Å². The van der Waals surface area contributed by atoms with Gasteiger partial charge in [-0.3, -0.25) is 4.79 Å². The van der Waals surface area contributed by atoms with Gasteiger partial charge in [-0.05, 0) is 18.2 Å². The fourth-order valence-corrected chi connectivity index (χ4v) is 1.26. The second-order valence-corrected chi connectivity index (χ2v) is 3.52. The Bertz CT molecular complexity index is 484. The smallest absolute Gasteiger partial charge is 0.469 e. The number of nitrogen functional groups attached to an aromatic ring is 1. The Morgan fingerprint density at radius 2 is 2.11 bits per heavy atom. The number of halogens is 3. The lowest BCUT2D eigenvalue weighted by atomic mass is 10.1. The van der Waals surface area contributed by atoms with Crippen molar-refractivity contribution in [3.63, 3.8) is 0 Å². The molecule has 0 heterocycles. The molecule has 0 saturated carbocycles. The van der Waals surface area contributed by atoms with E-state index in [-0.39, 0.29) is 17.9 Å². The van der Waals surface area contributed by atoms with E-state index in [0.29, 0.717) is 5.56 Å². The van der Waals surface area contributed by atoms with Crippen LogP contribution in [-0.4, -0.2) is 19.4 Å². The molecule has 0 atom stereocenters. The van der Waals surface area contributed by atoms with Gasteiger partial charge in [0.25, 0.3) is 0 Å². The second-order valence-electron chi connectivity index (χ2n) is 3.52. The number of methoxy groups -OCH3 is 1. The number of hydrogen-bond acceptors (Lipinski definition) is 4. The topological polar surface area (TPSA) is 61.5 Å². The Labute approximate surface area is 107 Å². The van der Waals surface area contributed by atoms with Crippen molar-refractivity contribution < 1.29 is 27.4 Å². The van der Waals surface area contributed by atoms with Crippen molar-refractivity contribution in [1.29, 1.82) is 0 Å². The summed E-state index contributed by atoms with van der Waals surface area (Å²) >= 11 is 0. The molecule has 1 aromatic carbocycles. The minimum atomic E-state index is -4.76. The van der Waals surface area contributed by atoms with E-state index in [0.717, 1.165) is 12.1 Å². The lowest BCUT2D eigenvalue weighted by Gasteiger charge is -2.10. The largest absolute Gasteiger partial charge is 0.573 e. The SMILES string of the molecule is COC(=O)CC=Cc1cc(OC(F)(F)F)ccc1N. The molecule has 0 fully saturated rings. The molecule has 0 aromatic heterocycles. The maximum absolute atomic E-state index is 12.0. The number of hydrogen-bond donors (Lipinski definition) is 1. The summed E-state index contributed by atoms with van der Waals surface area (Å²) in [7, 11) is 1.24. The Hall–Kier alpha value is -2.18. The predicted octanol–water partition coefficient (Wildman–Crippen LogP) is 2.74. The number of rotatable bonds is 4. The van der Waals surface area contributed by atoms with Crippen molar-refractivity contribution in [2.45, 2.75) is 12.8 Å². The van der Waals surface area contributed by atoms with Gasteiger partial charge in [0.05, 0.1) is 13.5 Å². The van der Waals surface area contributed by atoms with Crippen LogP contribution in [0.2, 0.25) is 0 Å². The predicted molar refractivity (Wildman–Crippen MR) is 63.2 cm³/mol. The second kappa shape index (κ2) is 6.12. The average molecular weight is 275 g/mol. The van der Waals surface area contributed by atoms with Crippen molar-refractivity contribution in [3.8, 4) is 5.75 Å². The minimum Gasteiger partial charge on any atom is -0.469 e. The Balaban J connectivity index is 2.83. The van der Waals surface area contributed by atoms with Gasteiger partial charge in [0, 0.05) is 11.3 Å². The molecule has 0 aliphatic heterocycles. The van der Waals surface area contributed by atoms with Crippen LogP contribution in [0.5, 0.6) is 5.75 Å². The first-order valence-corrected chi connectivity index (χ1v) is 5.20. The molecular formula is C12H12F3NO3. The number of alkyl halides is 3. The van der Waals surface area contributed by atoms with E-state index in [1.807, 2.05) is 0 Å². The number of benzene rings is 1. The monoisotopic (exact) mass is 275 g/mol. The number of carbonyl (C=O) groups is 1. The van der Waals surface area contributed by atoms with Crippen LogP contribution >= 0.6 is 0 Å². The fraction of sp³-hybridized carbons (Fsp3) is 0.250. The maximum Gasteiger partial charge on any atom is 0.573 e. The number of nitrogens with two attached hydrogens (primary N) is 1. The lowest BCUT2D eigenvalue weighted by molar-refractivity contribution is -0.274. The molecular weight excluding hydrogens is 263 g/mol. The van der Waals surface area contributed by atoms with Crippen molar-refractivity contribution in [2.24, 2.45) is 0 Å². The summed E-state index contributed by atoms with van der Waals surface area (Å²) in [5.41, 5.74) is 6.20. The van der Waals surface area contributed by atoms with Crippen LogP contribution in [0.1, 0.15) is 12.0 Å². The molecule has 0 spiro atoms. The zero-order valence-corrected chi connectivity index (χ0v) is 10.0. The van der Waals surface area contributed by atoms with Gasteiger partial charge in [-0.1, -0.05) is 12.2 Å². The lowest BCUT2D eigenvalue weighted by Crippen LogP contribution is -2.17. The van der Waals surface area contributed by atoms with Gasteiger partial charge >= 0.3 is 12.3 Å². The van der Waals surface area contributed by atoms with Crippen LogP contribution in [0.25, 0.3) is 6.08 Å². The fourth-order valence-electron chi connectivity index (χ4n) is 1.26. The highest BCUT2D eigenvalue weighted by molar-refractivity contribution is 5.74. The highest BCUT2D eigenvalue weighted by Crippen LogP contribution is 2.26. The average Bonchev–Trinajstić information content (AvgIpc) is 2.31. The Morgan fingerprint density at radius 3 is 2.68 bits per heavy atom. The Morgan fingerprint density at radius 1 is 1.42 bits per heavy atom. The summed E-state index contributed by atoms with van der Waals surface area (Å²) in [6.45, 7) is 0. The van der Waals surface area contributed by atoms with Crippen LogP contribution in [0.15, 0.2) is 24.3 Å². The number of esters is 1. The minimum absolute atomic E-state index is 0.000293. The van der Waals surface area contributed by atoms with Gasteiger partial charge in [-0.2, -0.15) is 0 Å². The molecule has 0 saturated heterocycles. The molecule has 104 valence electrons. The third-order valence-corrected chi connectivity index (χ3v) is 2.10. The molecule has 0 aliphatic rings. The molecule has 19 heavy (non-hydrogen) atoms. The zero-order chi connectivity index (χ0) is 14.5. The highest BCUT2D eigenvalue weighted by atomic mass is 19.4. The number of anilines is 1. The molecule has 0 aliphatic carbocycles. The van der Waals surface area contributed by atoms with Crippen molar-refractivity contribution in [1.82, 2.24) is 0 Å². The third kappa shape index (κ3) is 5.33. The van der Waals surface area contributed by atoms with E-state index in [1.54, 1.807) is 0 Å². The van der Waals surface area contributed by atoms with E-state index >= 15 is 0 Å². The van der Waals surface area contributed by atoms with Crippen LogP contribution < -0.4 is 10.5 Å². The van der Waals surface area contributed by atoms with Gasteiger partial charge in [0.15, 0.2) is 0 Å². The van der Waals surface area contributed by atoms with E-state index in [1.165, 1.54) is 25.3 Å². The van der Waals surface area contributed by atoms with Gasteiger partial charge in [-0.15, -0.1) is 13.2 Å². The summed E-state index contributed by atoms with van der Waals surface area (Å²) < 4.78 is 44.3. The molecule has 2 N–H and O–H groups in total. The first-order valence-electron chi connectivity index (χ1n) is 5.20. The van der Waals surface area contributed by atoms with Crippen LogP contribution in [0, 0.1) is 0 Å². The summed E-state index contributed by atoms with van der Waals surface area (Å²) in [5, 5.41) is 0. The Kier molecular flexibility index (Phi) is 4.80. The van der Waals surface area contributed by atoms with E-state index in [2.05, 4.69) is 9.47 Å². The van der Waals surface area contributed by atoms with Gasteiger partial charge in [0.1, 0.15) is 5.75 Å².